The number of nitrogens with zero attached hydrogens (tertiary/aromatic N) is 2. The highest BCUT2D eigenvalue weighted by molar-refractivity contribution is 7.98. The largest absolute Gasteiger partial charge is 0.469 e. The number of alkyl halides is 3. The fourth-order valence-electron chi connectivity index (χ4n) is 5.51. The second-order valence-corrected chi connectivity index (χ2v) is 9.99. The first kappa shape index (κ1) is 25.5. The first-order valence-corrected chi connectivity index (χ1v) is 12.9. The van der Waals surface area contributed by atoms with E-state index in [1.165, 1.54) is 31.0 Å². The topological polar surface area (TPSA) is 53.4 Å². The van der Waals surface area contributed by atoms with E-state index in [0.717, 1.165) is 38.7 Å². The molecule has 1 aliphatic heterocycles. The van der Waals surface area contributed by atoms with Gasteiger partial charge in [0.05, 0.1) is 37.8 Å². The van der Waals surface area contributed by atoms with Gasteiger partial charge in [0.2, 0.25) is 0 Å². The van der Waals surface area contributed by atoms with Gasteiger partial charge in [-0.2, -0.15) is 13.2 Å². The van der Waals surface area contributed by atoms with E-state index < -0.39 is 29.3 Å². The molecule has 1 saturated carbocycles. The molecule has 1 fully saturated rings. The van der Waals surface area contributed by atoms with Crippen LogP contribution in [-0.4, -0.2) is 41.1 Å². The number of carbonyl (C=O) groups excluding carboxylic acids is 1. The van der Waals surface area contributed by atoms with Crippen molar-refractivity contribution in [1.29, 1.82) is 0 Å². The highest BCUT2D eigenvalue weighted by atomic mass is 32.2. The van der Waals surface area contributed by atoms with Crippen molar-refractivity contribution in [3.05, 3.63) is 83.7 Å². The molecule has 1 aromatic heterocycles. The third-order valence-corrected chi connectivity index (χ3v) is 7.95. The molecule has 0 N–H and O–H groups in total. The highest BCUT2D eigenvalue weighted by Gasteiger charge is 2.54. The summed E-state index contributed by atoms with van der Waals surface area (Å²) in [5, 5.41) is 0. The lowest BCUT2D eigenvalue weighted by atomic mass is 9.79. The Morgan fingerprint density at radius 2 is 1.97 bits per heavy atom. The van der Waals surface area contributed by atoms with Gasteiger partial charge in [0, 0.05) is 16.5 Å². The van der Waals surface area contributed by atoms with Crippen molar-refractivity contribution in [1.82, 2.24) is 9.55 Å². The van der Waals surface area contributed by atoms with Crippen LogP contribution >= 0.6 is 11.8 Å². The van der Waals surface area contributed by atoms with E-state index in [1.54, 1.807) is 30.3 Å². The number of benzene rings is 2. The van der Waals surface area contributed by atoms with E-state index in [9.17, 15) is 22.4 Å². The zero-order valence-electron chi connectivity index (χ0n) is 20.1. The molecule has 5 rings (SSSR count). The lowest BCUT2D eigenvalue weighted by Gasteiger charge is -2.31. The summed E-state index contributed by atoms with van der Waals surface area (Å²) in [4.78, 5) is 17.3. The molecule has 10 heteroatoms. The Hall–Kier alpha value is -3.11. The number of aromatic nitrogens is 2. The molecule has 2 heterocycles. The van der Waals surface area contributed by atoms with Crippen molar-refractivity contribution < 1.29 is 31.8 Å². The van der Waals surface area contributed by atoms with Crippen molar-refractivity contribution in [2.24, 2.45) is 5.92 Å². The second kappa shape index (κ2) is 9.64. The van der Waals surface area contributed by atoms with Crippen LogP contribution < -0.4 is 0 Å². The summed E-state index contributed by atoms with van der Waals surface area (Å²) in [6.07, 6.45) is 2.35. The number of imidazole rings is 1. The molecule has 5 nitrogen and oxygen atoms in total. The van der Waals surface area contributed by atoms with Crippen LogP contribution in [0.4, 0.5) is 17.6 Å². The Morgan fingerprint density at radius 1 is 1.22 bits per heavy atom. The number of carbonyl (C=O) groups is 1. The second-order valence-electron chi connectivity index (χ2n) is 9.14. The van der Waals surface area contributed by atoms with Gasteiger partial charge in [0.1, 0.15) is 11.5 Å². The lowest BCUT2D eigenvalue weighted by molar-refractivity contribution is -0.146. The molecule has 1 spiro atoms. The fraction of sp³-hybridized carbons (Fsp3) is 0.333. The monoisotopic (exact) mass is 532 g/mol. The predicted molar refractivity (Wildman–Crippen MR) is 131 cm³/mol. The molecule has 0 radical (unpaired) electrons. The number of rotatable bonds is 5. The molecule has 2 aliphatic rings. The average molecular weight is 533 g/mol. The summed E-state index contributed by atoms with van der Waals surface area (Å²) < 4.78 is 66.7. The summed E-state index contributed by atoms with van der Waals surface area (Å²) in [6, 6.07) is 11.1. The first-order chi connectivity index (χ1) is 17.7. The Bertz CT molecular complexity index is 1350. The maximum absolute atomic E-state index is 13.7. The van der Waals surface area contributed by atoms with Gasteiger partial charge in [-0.05, 0) is 72.2 Å². The number of hydrogen-bond acceptors (Lipinski definition) is 5. The predicted octanol–water partition coefficient (Wildman–Crippen LogP) is 6.27. The molecule has 0 bridgehead atoms. The quantitative estimate of drug-likeness (QED) is 0.220. The molecule has 2 aromatic carbocycles. The minimum Gasteiger partial charge on any atom is -0.469 e. The molecule has 3 aromatic rings. The van der Waals surface area contributed by atoms with Gasteiger partial charge >= 0.3 is 12.1 Å². The van der Waals surface area contributed by atoms with Gasteiger partial charge in [0.25, 0.3) is 0 Å². The van der Waals surface area contributed by atoms with E-state index in [4.69, 9.17) is 9.47 Å². The van der Waals surface area contributed by atoms with E-state index in [-0.39, 0.29) is 18.4 Å². The van der Waals surface area contributed by atoms with Gasteiger partial charge in [-0.1, -0.05) is 12.1 Å². The third-order valence-electron chi connectivity index (χ3n) is 7.16. The number of ether oxygens (including phenoxy) is 2. The Morgan fingerprint density at radius 3 is 2.65 bits per heavy atom. The van der Waals surface area contributed by atoms with Gasteiger partial charge in [-0.3, -0.25) is 9.36 Å². The molecule has 1 aliphatic carbocycles. The zero-order valence-corrected chi connectivity index (χ0v) is 20.9. The lowest BCUT2D eigenvalue weighted by Crippen LogP contribution is -2.34. The molecule has 0 amide bonds. The summed E-state index contributed by atoms with van der Waals surface area (Å²) in [5.74, 6) is -1.61. The number of esters is 1. The molecule has 37 heavy (non-hydrogen) atoms. The molecular weight excluding hydrogens is 508 g/mol. The Labute approximate surface area is 215 Å². The maximum atomic E-state index is 13.7. The van der Waals surface area contributed by atoms with Gasteiger partial charge < -0.3 is 9.47 Å². The van der Waals surface area contributed by atoms with Crippen LogP contribution in [0.3, 0.4) is 0 Å². The normalized spacial score (nSPS) is 23.5. The molecule has 0 saturated heterocycles. The maximum Gasteiger partial charge on any atom is 0.433 e. The third kappa shape index (κ3) is 4.57. The van der Waals surface area contributed by atoms with Crippen LogP contribution in [0.2, 0.25) is 0 Å². The minimum absolute atomic E-state index is 0.221. The van der Waals surface area contributed by atoms with Crippen molar-refractivity contribution >= 4 is 23.3 Å². The smallest absolute Gasteiger partial charge is 0.433 e. The standard InChI is InChI=1S/C27H24F4N2O3S/c1-35-25(34)20-9-10-26(24(20)16-3-5-18(28)6-4-16)12-17(14-36-26)21-11-19(7-8-22(21)37-2)33-15-32-13-23(33)27(29,30)31/h3-8,11-13,15,20,24H,9-10,14H2,1-2H3/t20-,24+,26+/m0/s1. The molecule has 194 valence electrons. The summed E-state index contributed by atoms with van der Waals surface area (Å²) in [5.41, 5.74) is 0.966. The van der Waals surface area contributed by atoms with Gasteiger partial charge in [-0.15, -0.1) is 11.8 Å². The summed E-state index contributed by atoms with van der Waals surface area (Å²) in [7, 11) is 1.34. The zero-order chi connectivity index (χ0) is 26.4. The van der Waals surface area contributed by atoms with E-state index in [2.05, 4.69) is 4.98 Å². The van der Waals surface area contributed by atoms with Crippen LogP contribution in [-0.2, 0) is 20.4 Å². The Balaban J connectivity index is 1.58. The van der Waals surface area contributed by atoms with Crippen molar-refractivity contribution in [3.8, 4) is 5.69 Å². The van der Waals surface area contributed by atoms with Crippen molar-refractivity contribution in [2.45, 2.75) is 35.4 Å². The van der Waals surface area contributed by atoms with Crippen molar-refractivity contribution in [3.63, 3.8) is 0 Å². The number of hydrogen-bond donors (Lipinski definition) is 0. The first-order valence-electron chi connectivity index (χ1n) is 11.6. The van der Waals surface area contributed by atoms with E-state index >= 15 is 0 Å². The SMILES string of the molecule is COC(=O)[C@H]1CC[C@@]2(C=C(c3cc(-n4cncc4C(F)(F)F)ccc3SC)CO2)[C@@H]1c1ccc(F)cc1. The summed E-state index contributed by atoms with van der Waals surface area (Å²) >= 11 is 1.48. The van der Waals surface area contributed by atoms with Crippen LogP contribution in [0.5, 0.6) is 0 Å². The molecule has 3 atom stereocenters. The van der Waals surface area contributed by atoms with Gasteiger partial charge in [-0.25, -0.2) is 9.37 Å². The molecular formula is C27H24F4N2O3S. The summed E-state index contributed by atoms with van der Waals surface area (Å²) in [6.45, 7) is 0.221. The van der Waals surface area contributed by atoms with Crippen LogP contribution in [0.15, 0.2) is 66.0 Å². The fourth-order valence-corrected chi connectivity index (χ4v) is 6.12. The average Bonchev–Trinajstić information content (AvgIpc) is 3.63. The van der Waals surface area contributed by atoms with E-state index in [0.29, 0.717) is 18.5 Å². The minimum atomic E-state index is -4.55. The number of halogens is 4. The van der Waals surface area contributed by atoms with Gasteiger partial charge in [0.15, 0.2) is 0 Å². The van der Waals surface area contributed by atoms with Crippen LogP contribution in [0.1, 0.15) is 35.6 Å². The highest BCUT2D eigenvalue weighted by Crippen LogP contribution is 2.54. The number of methoxy groups -OCH3 is 1. The van der Waals surface area contributed by atoms with Crippen LogP contribution in [0.25, 0.3) is 11.3 Å². The van der Waals surface area contributed by atoms with E-state index in [1.807, 2.05) is 12.3 Å². The number of thioether (sulfide) groups is 1. The van der Waals surface area contributed by atoms with Crippen LogP contribution in [0, 0.1) is 11.7 Å². The Kier molecular flexibility index (Phi) is 6.66. The molecule has 0 unspecified atom stereocenters. The van der Waals surface area contributed by atoms with Crippen molar-refractivity contribution in [2.75, 3.05) is 20.0 Å².